The first kappa shape index (κ1) is 19.8. The van der Waals surface area contributed by atoms with Gasteiger partial charge in [0.1, 0.15) is 5.71 Å². The summed E-state index contributed by atoms with van der Waals surface area (Å²) in [7, 11) is -3.74. The summed E-state index contributed by atoms with van der Waals surface area (Å²) in [4.78, 5) is 18.0. The maximum absolute atomic E-state index is 12.8. The number of nitrogens with one attached hydrogen (secondary N) is 2. The van der Waals surface area contributed by atoms with Crippen LogP contribution < -0.4 is 10.0 Å². The molecule has 1 amide bonds. The molecule has 2 heterocycles. The summed E-state index contributed by atoms with van der Waals surface area (Å²) in [6.45, 7) is 6.11. The number of carbonyl (C=O) groups is 1. The van der Waals surface area contributed by atoms with Gasteiger partial charge in [-0.05, 0) is 44.9 Å². The summed E-state index contributed by atoms with van der Waals surface area (Å²) in [6, 6.07) is 6.12. The van der Waals surface area contributed by atoms with Crippen molar-refractivity contribution in [3.8, 4) is 0 Å². The SMILES string of the molecule is Cc1cccc(S(=O)(=O)N[C@H]2CCOC[C@@]23CC(C(=O)NC(C)C)=NO3)c1. The Balaban J connectivity index is 1.78. The van der Waals surface area contributed by atoms with E-state index >= 15 is 0 Å². The molecule has 0 unspecified atom stereocenters. The summed E-state index contributed by atoms with van der Waals surface area (Å²) in [6.07, 6.45) is 0.617. The van der Waals surface area contributed by atoms with E-state index in [1.807, 2.05) is 26.8 Å². The second-order valence-electron chi connectivity index (χ2n) is 7.33. The van der Waals surface area contributed by atoms with Crippen LogP contribution in [0, 0.1) is 6.92 Å². The van der Waals surface area contributed by atoms with Gasteiger partial charge in [0.15, 0.2) is 5.60 Å². The molecule has 8 nitrogen and oxygen atoms in total. The Morgan fingerprint density at radius 2 is 2.15 bits per heavy atom. The van der Waals surface area contributed by atoms with Gasteiger partial charge >= 0.3 is 0 Å². The Labute approximate surface area is 159 Å². The maximum atomic E-state index is 12.8. The highest BCUT2D eigenvalue weighted by molar-refractivity contribution is 7.89. The largest absolute Gasteiger partial charge is 0.384 e. The molecule has 1 aromatic carbocycles. The van der Waals surface area contributed by atoms with Gasteiger partial charge in [0, 0.05) is 19.1 Å². The average Bonchev–Trinajstić information content (AvgIpc) is 3.01. The lowest BCUT2D eigenvalue weighted by molar-refractivity contribution is -0.126. The minimum Gasteiger partial charge on any atom is -0.384 e. The molecule has 0 saturated carbocycles. The smallest absolute Gasteiger partial charge is 0.269 e. The van der Waals surface area contributed by atoms with E-state index in [0.717, 1.165) is 5.56 Å². The van der Waals surface area contributed by atoms with Crippen molar-refractivity contribution in [1.29, 1.82) is 0 Å². The van der Waals surface area contributed by atoms with Gasteiger partial charge in [0.2, 0.25) is 10.0 Å². The van der Waals surface area contributed by atoms with Crippen molar-refractivity contribution in [2.45, 2.75) is 56.2 Å². The number of hydrogen-bond donors (Lipinski definition) is 2. The molecule has 27 heavy (non-hydrogen) atoms. The summed E-state index contributed by atoms with van der Waals surface area (Å²) >= 11 is 0. The Hall–Kier alpha value is -1.97. The molecule has 0 bridgehead atoms. The van der Waals surface area contributed by atoms with Crippen molar-refractivity contribution in [1.82, 2.24) is 10.0 Å². The third-order valence-corrected chi connectivity index (χ3v) is 6.09. The van der Waals surface area contributed by atoms with E-state index in [1.54, 1.807) is 18.2 Å². The van der Waals surface area contributed by atoms with Crippen molar-refractivity contribution in [3.05, 3.63) is 29.8 Å². The molecule has 148 valence electrons. The quantitative estimate of drug-likeness (QED) is 0.777. The molecule has 1 spiro atoms. The van der Waals surface area contributed by atoms with E-state index in [4.69, 9.17) is 9.57 Å². The van der Waals surface area contributed by atoms with E-state index < -0.39 is 21.7 Å². The number of ether oxygens (including phenoxy) is 1. The third kappa shape index (κ3) is 4.31. The highest BCUT2D eigenvalue weighted by Gasteiger charge is 2.51. The molecule has 2 aliphatic rings. The van der Waals surface area contributed by atoms with Crippen LogP contribution in [0.2, 0.25) is 0 Å². The highest BCUT2D eigenvalue weighted by atomic mass is 32.2. The number of sulfonamides is 1. The number of hydrogen-bond acceptors (Lipinski definition) is 6. The lowest BCUT2D eigenvalue weighted by Gasteiger charge is -2.38. The summed E-state index contributed by atoms with van der Waals surface area (Å²) < 4.78 is 33.9. The van der Waals surface area contributed by atoms with Crippen LogP contribution in [0.1, 0.15) is 32.3 Å². The molecule has 1 fully saturated rings. The Kier molecular flexibility index (Phi) is 5.55. The Bertz CT molecular complexity index is 852. The van der Waals surface area contributed by atoms with Gasteiger partial charge in [-0.25, -0.2) is 13.1 Å². The van der Waals surface area contributed by atoms with Crippen LogP contribution >= 0.6 is 0 Å². The van der Waals surface area contributed by atoms with Crippen molar-refractivity contribution in [2.24, 2.45) is 5.16 Å². The van der Waals surface area contributed by atoms with Gasteiger partial charge in [-0.15, -0.1) is 0 Å². The molecular formula is C18H25N3O5S. The van der Waals surface area contributed by atoms with Crippen molar-refractivity contribution < 1.29 is 22.8 Å². The zero-order valence-corrected chi connectivity index (χ0v) is 16.5. The Morgan fingerprint density at radius 1 is 1.37 bits per heavy atom. The number of benzene rings is 1. The van der Waals surface area contributed by atoms with Crippen LogP contribution in [0.3, 0.4) is 0 Å². The summed E-state index contributed by atoms with van der Waals surface area (Å²) in [5.74, 6) is -0.312. The van der Waals surface area contributed by atoms with Crippen molar-refractivity contribution >= 4 is 21.6 Å². The van der Waals surface area contributed by atoms with Crippen LogP contribution in [0.5, 0.6) is 0 Å². The number of rotatable bonds is 5. The van der Waals surface area contributed by atoms with Crippen LogP contribution in [0.25, 0.3) is 0 Å². The first-order chi connectivity index (χ1) is 12.7. The predicted octanol–water partition coefficient (Wildman–Crippen LogP) is 1.10. The molecular weight excluding hydrogens is 370 g/mol. The zero-order chi connectivity index (χ0) is 19.7. The van der Waals surface area contributed by atoms with E-state index in [1.165, 1.54) is 0 Å². The van der Waals surface area contributed by atoms with Gasteiger partial charge in [0.05, 0.1) is 17.5 Å². The molecule has 2 atom stereocenters. The molecule has 2 N–H and O–H groups in total. The molecule has 9 heteroatoms. The van der Waals surface area contributed by atoms with Crippen LogP contribution in [0.4, 0.5) is 0 Å². The van der Waals surface area contributed by atoms with Crippen LogP contribution in [-0.4, -0.2) is 50.9 Å². The molecule has 3 rings (SSSR count). The van der Waals surface area contributed by atoms with E-state index in [0.29, 0.717) is 13.0 Å². The lowest BCUT2D eigenvalue weighted by Crippen LogP contribution is -2.58. The monoisotopic (exact) mass is 395 g/mol. The lowest BCUT2D eigenvalue weighted by atomic mass is 9.86. The number of carbonyl (C=O) groups excluding carboxylic acids is 1. The third-order valence-electron chi connectivity index (χ3n) is 4.62. The molecule has 0 radical (unpaired) electrons. The molecule has 0 aliphatic carbocycles. The molecule has 2 aliphatic heterocycles. The standard InChI is InChI=1S/C18H25N3O5S/c1-12(2)19-17(22)15-10-18(26-20-15)11-25-8-7-16(18)21-27(23,24)14-6-4-5-13(3)9-14/h4-6,9,12,16,21H,7-8,10-11H2,1-3H3,(H,19,22)/t16-,18-/m0/s1. The summed E-state index contributed by atoms with van der Waals surface area (Å²) in [5, 5.41) is 6.70. The second-order valence-corrected chi connectivity index (χ2v) is 9.04. The number of oxime groups is 1. The minimum absolute atomic E-state index is 0.0324. The highest BCUT2D eigenvalue weighted by Crippen LogP contribution is 2.33. The van der Waals surface area contributed by atoms with Crippen molar-refractivity contribution in [2.75, 3.05) is 13.2 Å². The molecule has 0 aromatic heterocycles. The number of amides is 1. The Morgan fingerprint density at radius 3 is 2.85 bits per heavy atom. The van der Waals surface area contributed by atoms with Crippen molar-refractivity contribution in [3.63, 3.8) is 0 Å². The zero-order valence-electron chi connectivity index (χ0n) is 15.7. The first-order valence-corrected chi connectivity index (χ1v) is 10.4. The van der Waals surface area contributed by atoms with E-state index in [2.05, 4.69) is 15.2 Å². The summed E-state index contributed by atoms with van der Waals surface area (Å²) in [5.41, 5.74) is 0.0836. The van der Waals surface area contributed by atoms with Gasteiger partial charge in [-0.2, -0.15) is 0 Å². The van der Waals surface area contributed by atoms with Crippen LogP contribution in [0.15, 0.2) is 34.3 Å². The average molecular weight is 395 g/mol. The fourth-order valence-corrected chi connectivity index (χ4v) is 4.68. The molecule has 1 aromatic rings. The minimum atomic E-state index is -3.74. The first-order valence-electron chi connectivity index (χ1n) is 8.94. The van der Waals surface area contributed by atoms with Gasteiger partial charge in [0.25, 0.3) is 5.91 Å². The predicted molar refractivity (Wildman–Crippen MR) is 99.9 cm³/mol. The van der Waals surface area contributed by atoms with Crippen LogP contribution in [-0.2, 0) is 24.4 Å². The van der Waals surface area contributed by atoms with Gasteiger partial charge in [-0.3, -0.25) is 4.79 Å². The van der Waals surface area contributed by atoms with Gasteiger partial charge in [-0.1, -0.05) is 17.3 Å². The van der Waals surface area contributed by atoms with E-state index in [-0.39, 0.29) is 35.6 Å². The maximum Gasteiger partial charge on any atom is 0.269 e. The number of nitrogens with zero attached hydrogens (tertiary/aromatic N) is 1. The topological polar surface area (TPSA) is 106 Å². The fraction of sp³-hybridized carbons (Fsp3) is 0.556. The fourth-order valence-electron chi connectivity index (χ4n) is 3.24. The van der Waals surface area contributed by atoms with E-state index in [9.17, 15) is 13.2 Å². The normalized spacial score (nSPS) is 25.3. The molecule has 1 saturated heterocycles. The van der Waals surface area contributed by atoms with Gasteiger partial charge < -0.3 is 14.9 Å². The number of aryl methyl sites for hydroxylation is 1. The second kappa shape index (κ2) is 7.57.